The molecule has 2 N–H and O–H groups in total. The number of carbonyl (C=O) groups excluding carboxylic acids is 2. The zero-order chi connectivity index (χ0) is 21.3. The largest absolute Gasteiger partial charge is 0.453 e. The van der Waals surface area contributed by atoms with Crippen LogP contribution in [0.15, 0.2) is 39.2 Å². The maximum Gasteiger partial charge on any atom is 0.358 e. The molecule has 0 aliphatic rings. The number of nitrogens with zero attached hydrogens (tertiary/aromatic N) is 3. The van der Waals surface area contributed by atoms with Crippen LogP contribution in [0.5, 0.6) is 0 Å². The van der Waals surface area contributed by atoms with Gasteiger partial charge in [0.1, 0.15) is 16.4 Å². The predicted octanol–water partition coefficient (Wildman–Crippen LogP) is 1.48. The molecule has 2 aromatic heterocycles. The molecule has 11 heteroatoms. The van der Waals surface area contributed by atoms with Crippen molar-refractivity contribution in [1.82, 2.24) is 14.1 Å². The first kappa shape index (κ1) is 20.5. The van der Waals surface area contributed by atoms with Crippen LogP contribution in [-0.4, -0.2) is 32.5 Å². The monoisotopic (exact) mass is 434 g/mol. The fraction of sp³-hybridized carbons (Fsp3) is 0.167. The third-order valence-electron chi connectivity index (χ3n) is 4.13. The Balaban J connectivity index is 1.75. The number of carbonyl (C=O) groups is 2. The number of nitrogen functional groups attached to an aromatic ring is 1. The van der Waals surface area contributed by atoms with Gasteiger partial charge in [-0.1, -0.05) is 23.7 Å². The minimum Gasteiger partial charge on any atom is -0.453 e. The van der Waals surface area contributed by atoms with Gasteiger partial charge >= 0.3 is 11.7 Å². The van der Waals surface area contributed by atoms with Gasteiger partial charge in [-0.2, -0.15) is 0 Å². The van der Waals surface area contributed by atoms with Gasteiger partial charge in [0.15, 0.2) is 12.3 Å². The molecule has 9 nitrogen and oxygen atoms in total. The molecule has 0 radical (unpaired) electrons. The quantitative estimate of drug-likeness (QED) is 0.476. The minimum atomic E-state index is -0.856. The maximum absolute atomic E-state index is 12.4. The zero-order valence-electron chi connectivity index (χ0n) is 15.3. The average molecular weight is 435 g/mol. The molecule has 29 heavy (non-hydrogen) atoms. The first-order valence-electron chi connectivity index (χ1n) is 8.18. The maximum atomic E-state index is 12.4. The highest BCUT2D eigenvalue weighted by Crippen LogP contribution is 2.25. The van der Waals surface area contributed by atoms with Crippen LogP contribution in [0.1, 0.15) is 20.8 Å². The number of aromatic nitrogens is 3. The summed E-state index contributed by atoms with van der Waals surface area (Å²) in [4.78, 5) is 52.8. The highest BCUT2D eigenvalue weighted by atomic mass is 35.5. The smallest absolute Gasteiger partial charge is 0.358 e. The molecule has 1 aromatic carbocycles. The Hall–Kier alpha value is -3.24. The average Bonchev–Trinajstić information content (AvgIpc) is 3.20. The van der Waals surface area contributed by atoms with Crippen LogP contribution < -0.4 is 17.0 Å². The number of hydrogen-bond acceptors (Lipinski definition) is 8. The van der Waals surface area contributed by atoms with E-state index in [4.69, 9.17) is 22.1 Å². The second-order valence-corrected chi connectivity index (χ2v) is 7.30. The van der Waals surface area contributed by atoms with Crippen LogP contribution in [0.3, 0.4) is 0 Å². The number of rotatable bonds is 5. The van der Waals surface area contributed by atoms with Crippen molar-refractivity contribution in [2.45, 2.75) is 0 Å². The summed E-state index contributed by atoms with van der Waals surface area (Å²) in [5.41, 5.74) is 4.58. The van der Waals surface area contributed by atoms with Gasteiger partial charge in [-0.3, -0.25) is 18.7 Å². The summed E-state index contributed by atoms with van der Waals surface area (Å²) in [6.45, 7) is -0.718. The number of anilines is 1. The van der Waals surface area contributed by atoms with Crippen molar-refractivity contribution in [3.05, 3.63) is 66.8 Å². The van der Waals surface area contributed by atoms with E-state index in [1.165, 1.54) is 30.8 Å². The van der Waals surface area contributed by atoms with Gasteiger partial charge in [0.2, 0.25) is 5.78 Å². The molecule has 0 saturated carbocycles. The Morgan fingerprint density at radius 3 is 2.48 bits per heavy atom. The number of ether oxygens (including phenoxy) is 1. The summed E-state index contributed by atoms with van der Waals surface area (Å²) in [6.07, 6.45) is 0. The van der Waals surface area contributed by atoms with Gasteiger partial charge in [0, 0.05) is 30.1 Å². The molecule has 150 valence electrons. The SMILES string of the molecule is Cn1c(N)c(C(=O)COC(=O)c2csc(-c3ccc(Cl)cc3)n2)c(=O)n(C)c1=O. The minimum absolute atomic E-state index is 0.0223. The lowest BCUT2D eigenvalue weighted by molar-refractivity contribution is 0.0469. The van der Waals surface area contributed by atoms with E-state index in [2.05, 4.69) is 4.98 Å². The summed E-state index contributed by atoms with van der Waals surface area (Å²) < 4.78 is 6.70. The van der Waals surface area contributed by atoms with Crippen molar-refractivity contribution >= 4 is 40.5 Å². The third kappa shape index (κ3) is 3.98. The summed E-state index contributed by atoms with van der Waals surface area (Å²) in [7, 11) is 2.55. The van der Waals surface area contributed by atoms with Crippen molar-refractivity contribution in [3.8, 4) is 10.6 Å². The number of ketones is 1. The lowest BCUT2D eigenvalue weighted by Crippen LogP contribution is -2.42. The summed E-state index contributed by atoms with van der Waals surface area (Å²) in [5, 5.41) is 2.65. The van der Waals surface area contributed by atoms with E-state index < -0.39 is 35.2 Å². The zero-order valence-corrected chi connectivity index (χ0v) is 16.9. The lowest BCUT2D eigenvalue weighted by Gasteiger charge is -2.10. The van der Waals surface area contributed by atoms with Gasteiger partial charge in [0.25, 0.3) is 5.56 Å². The summed E-state index contributed by atoms with van der Waals surface area (Å²) in [5.74, 6) is -1.94. The van der Waals surface area contributed by atoms with Crippen LogP contribution in [0.25, 0.3) is 10.6 Å². The molecule has 0 spiro atoms. The second kappa shape index (κ2) is 8.02. The molecule has 0 unspecified atom stereocenters. The highest BCUT2D eigenvalue weighted by Gasteiger charge is 2.22. The number of hydrogen-bond donors (Lipinski definition) is 1. The topological polar surface area (TPSA) is 126 Å². The Bertz CT molecular complexity index is 1230. The Kier molecular flexibility index (Phi) is 5.66. The van der Waals surface area contributed by atoms with E-state index in [-0.39, 0.29) is 11.5 Å². The van der Waals surface area contributed by atoms with Gasteiger partial charge in [-0.05, 0) is 12.1 Å². The fourth-order valence-electron chi connectivity index (χ4n) is 2.49. The van der Waals surface area contributed by atoms with E-state index in [1.807, 2.05) is 0 Å². The van der Waals surface area contributed by atoms with E-state index in [0.29, 0.717) is 10.0 Å². The molecule has 3 aromatic rings. The van der Waals surface area contributed by atoms with Gasteiger partial charge in [0.05, 0.1) is 0 Å². The molecule has 0 fully saturated rings. The summed E-state index contributed by atoms with van der Waals surface area (Å²) in [6, 6.07) is 6.93. The molecule has 0 atom stereocenters. The molecule has 0 aliphatic carbocycles. The fourth-order valence-corrected chi connectivity index (χ4v) is 3.41. The third-order valence-corrected chi connectivity index (χ3v) is 5.27. The van der Waals surface area contributed by atoms with Crippen LogP contribution in [0, 0.1) is 0 Å². The van der Waals surface area contributed by atoms with Crippen molar-refractivity contribution in [1.29, 1.82) is 0 Å². The number of nitrogens with two attached hydrogens (primary N) is 1. The molecular formula is C18H15ClN4O5S. The van der Waals surface area contributed by atoms with E-state index in [1.54, 1.807) is 24.3 Å². The van der Waals surface area contributed by atoms with Crippen molar-refractivity contribution in [2.24, 2.45) is 14.1 Å². The first-order valence-corrected chi connectivity index (χ1v) is 9.43. The molecular weight excluding hydrogens is 420 g/mol. The van der Waals surface area contributed by atoms with Crippen molar-refractivity contribution in [3.63, 3.8) is 0 Å². The van der Waals surface area contributed by atoms with Gasteiger partial charge in [-0.15, -0.1) is 11.3 Å². The van der Waals surface area contributed by atoms with Crippen LogP contribution >= 0.6 is 22.9 Å². The Labute approximate surface area is 172 Å². The number of Topliss-reactive ketones (excluding diaryl/α,β-unsaturated/α-hetero) is 1. The number of halogens is 1. The molecule has 0 saturated heterocycles. The van der Waals surface area contributed by atoms with Gasteiger partial charge in [-0.25, -0.2) is 14.6 Å². The number of benzene rings is 1. The van der Waals surface area contributed by atoms with Gasteiger partial charge < -0.3 is 10.5 Å². The first-order chi connectivity index (χ1) is 13.7. The molecule has 2 heterocycles. The highest BCUT2D eigenvalue weighted by molar-refractivity contribution is 7.13. The van der Waals surface area contributed by atoms with E-state index in [0.717, 1.165) is 14.7 Å². The molecule has 0 bridgehead atoms. The molecule has 0 aliphatic heterocycles. The molecule has 0 amide bonds. The number of thiazole rings is 1. The van der Waals surface area contributed by atoms with E-state index >= 15 is 0 Å². The van der Waals surface area contributed by atoms with Crippen molar-refractivity contribution in [2.75, 3.05) is 12.3 Å². The summed E-state index contributed by atoms with van der Waals surface area (Å²) >= 11 is 7.08. The van der Waals surface area contributed by atoms with Crippen LogP contribution in [0.4, 0.5) is 5.82 Å². The predicted molar refractivity (Wildman–Crippen MR) is 109 cm³/mol. The van der Waals surface area contributed by atoms with E-state index in [9.17, 15) is 19.2 Å². The van der Waals surface area contributed by atoms with Crippen LogP contribution in [0.2, 0.25) is 5.02 Å². The lowest BCUT2D eigenvalue weighted by atomic mass is 10.2. The standard InChI is InChI=1S/C18H15ClN4O5S/c1-22-14(20)13(16(25)23(2)18(22)27)12(24)7-28-17(26)11-8-29-15(21-11)9-3-5-10(19)6-4-9/h3-6,8H,7,20H2,1-2H3. The second-order valence-electron chi connectivity index (χ2n) is 6.01. The van der Waals surface area contributed by atoms with Crippen LogP contribution in [-0.2, 0) is 18.8 Å². The Morgan fingerprint density at radius 1 is 1.17 bits per heavy atom. The van der Waals surface area contributed by atoms with Crippen molar-refractivity contribution < 1.29 is 14.3 Å². The normalized spacial score (nSPS) is 10.7. The number of esters is 1. The Morgan fingerprint density at radius 2 is 1.83 bits per heavy atom. The molecule has 3 rings (SSSR count).